The molecule has 0 saturated carbocycles. The highest BCUT2D eigenvalue weighted by molar-refractivity contribution is 6.06. The molecule has 1 saturated heterocycles. The van der Waals surface area contributed by atoms with Gasteiger partial charge >= 0.3 is 0 Å². The molecule has 1 amide bonds. The van der Waals surface area contributed by atoms with Crippen molar-refractivity contribution >= 4 is 17.3 Å². The van der Waals surface area contributed by atoms with Crippen LogP contribution in [0, 0.1) is 0 Å². The average molecular weight is 310 g/mol. The van der Waals surface area contributed by atoms with Crippen molar-refractivity contribution in [3.63, 3.8) is 0 Å². The molecule has 1 aliphatic rings. The molecule has 4 heteroatoms. The number of hydrogen-bond donors (Lipinski definition) is 0. The first kappa shape index (κ1) is 15.6. The van der Waals surface area contributed by atoms with Crippen LogP contribution in [0.25, 0.3) is 0 Å². The Bertz CT molecular complexity index is 634. The van der Waals surface area contributed by atoms with Crippen molar-refractivity contribution in [3.8, 4) is 0 Å². The van der Waals surface area contributed by atoms with E-state index >= 15 is 0 Å². The molecular weight excluding hydrogens is 288 g/mol. The van der Waals surface area contributed by atoms with Crippen molar-refractivity contribution in [3.05, 3.63) is 60.2 Å². The normalized spacial score (nSPS) is 14.6. The maximum atomic E-state index is 12.7. The summed E-state index contributed by atoms with van der Waals surface area (Å²) in [6, 6.07) is 17.6. The van der Waals surface area contributed by atoms with Crippen molar-refractivity contribution in [2.45, 2.75) is 6.92 Å². The van der Waals surface area contributed by atoms with E-state index in [-0.39, 0.29) is 5.91 Å². The monoisotopic (exact) mass is 310 g/mol. The zero-order valence-corrected chi connectivity index (χ0v) is 13.4. The number of benzene rings is 2. The van der Waals surface area contributed by atoms with Crippen molar-refractivity contribution < 1.29 is 9.53 Å². The molecular formula is C19H22N2O2. The van der Waals surface area contributed by atoms with E-state index in [0.29, 0.717) is 12.1 Å². The highest BCUT2D eigenvalue weighted by atomic mass is 16.5. The second-order valence-corrected chi connectivity index (χ2v) is 5.53. The third-order valence-electron chi connectivity index (χ3n) is 4.12. The minimum Gasteiger partial charge on any atom is -0.378 e. The van der Waals surface area contributed by atoms with E-state index in [1.807, 2.05) is 49.4 Å². The van der Waals surface area contributed by atoms with Gasteiger partial charge in [-0.05, 0) is 43.3 Å². The summed E-state index contributed by atoms with van der Waals surface area (Å²) in [4.78, 5) is 16.8. The molecule has 2 aromatic rings. The number of carbonyl (C=O) groups excluding carboxylic acids is 1. The number of hydrogen-bond acceptors (Lipinski definition) is 3. The Morgan fingerprint density at radius 1 is 1.04 bits per heavy atom. The second kappa shape index (κ2) is 7.29. The van der Waals surface area contributed by atoms with Crippen LogP contribution < -0.4 is 9.80 Å². The summed E-state index contributed by atoms with van der Waals surface area (Å²) in [6.45, 7) is 6.02. The summed E-state index contributed by atoms with van der Waals surface area (Å²) < 4.78 is 5.39. The van der Waals surface area contributed by atoms with E-state index in [9.17, 15) is 4.79 Å². The topological polar surface area (TPSA) is 32.8 Å². The maximum absolute atomic E-state index is 12.7. The predicted molar refractivity (Wildman–Crippen MR) is 93.3 cm³/mol. The molecule has 0 unspecified atom stereocenters. The second-order valence-electron chi connectivity index (χ2n) is 5.53. The number of rotatable bonds is 4. The molecule has 0 atom stereocenters. The van der Waals surface area contributed by atoms with Crippen LogP contribution in [0.3, 0.4) is 0 Å². The Morgan fingerprint density at radius 2 is 1.70 bits per heavy atom. The molecule has 1 aliphatic heterocycles. The molecule has 1 fully saturated rings. The molecule has 4 nitrogen and oxygen atoms in total. The molecule has 1 heterocycles. The molecule has 0 spiro atoms. The molecule has 23 heavy (non-hydrogen) atoms. The quantitative estimate of drug-likeness (QED) is 0.869. The van der Waals surface area contributed by atoms with E-state index in [0.717, 1.165) is 32.0 Å². The summed E-state index contributed by atoms with van der Waals surface area (Å²) >= 11 is 0. The Hall–Kier alpha value is -2.33. The van der Waals surface area contributed by atoms with E-state index in [1.165, 1.54) is 5.69 Å². The molecule has 120 valence electrons. The van der Waals surface area contributed by atoms with Gasteiger partial charge in [-0.1, -0.05) is 18.2 Å². The van der Waals surface area contributed by atoms with Gasteiger partial charge in [-0.3, -0.25) is 4.79 Å². The molecule has 0 aliphatic carbocycles. The number of carbonyl (C=O) groups is 1. The van der Waals surface area contributed by atoms with Gasteiger partial charge in [0.15, 0.2) is 0 Å². The molecule has 2 aromatic carbocycles. The van der Waals surface area contributed by atoms with Crippen LogP contribution in [0.2, 0.25) is 0 Å². The Morgan fingerprint density at radius 3 is 2.30 bits per heavy atom. The number of ether oxygens (including phenoxy) is 1. The summed E-state index contributed by atoms with van der Waals surface area (Å²) in [5.74, 6) is 0.0345. The minimum absolute atomic E-state index is 0.0345. The molecule has 0 aromatic heterocycles. The van der Waals surface area contributed by atoms with E-state index in [1.54, 1.807) is 4.90 Å². The smallest absolute Gasteiger partial charge is 0.258 e. The fraction of sp³-hybridized carbons (Fsp3) is 0.316. The highest BCUT2D eigenvalue weighted by Crippen LogP contribution is 2.23. The molecule has 0 radical (unpaired) electrons. The lowest BCUT2D eigenvalue weighted by Crippen LogP contribution is -2.36. The number of anilines is 2. The third-order valence-corrected chi connectivity index (χ3v) is 4.12. The molecule has 0 N–H and O–H groups in total. The molecule has 0 bridgehead atoms. The zero-order chi connectivity index (χ0) is 16.1. The number of amides is 1. The van der Waals surface area contributed by atoms with Crippen LogP contribution in [0.5, 0.6) is 0 Å². The van der Waals surface area contributed by atoms with Gasteiger partial charge in [0.1, 0.15) is 0 Å². The SMILES string of the molecule is CCN(C(=O)c1ccccc1)c1ccc(N2CCOCC2)cc1. The third kappa shape index (κ3) is 3.54. The van der Waals surface area contributed by atoms with Gasteiger partial charge in [0.05, 0.1) is 13.2 Å². The summed E-state index contributed by atoms with van der Waals surface area (Å²) in [7, 11) is 0. The minimum atomic E-state index is 0.0345. The highest BCUT2D eigenvalue weighted by Gasteiger charge is 2.16. The van der Waals surface area contributed by atoms with Gasteiger partial charge in [-0.2, -0.15) is 0 Å². The first-order valence-corrected chi connectivity index (χ1v) is 8.09. The van der Waals surface area contributed by atoms with Crippen molar-refractivity contribution in [2.24, 2.45) is 0 Å². The van der Waals surface area contributed by atoms with Crippen LogP contribution in [0.4, 0.5) is 11.4 Å². The Labute approximate surface area is 137 Å². The van der Waals surface area contributed by atoms with E-state index in [4.69, 9.17) is 4.74 Å². The first-order valence-electron chi connectivity index (χ1n) is 8.09. The fourth-order valence-corrected chi connectivity index (χ4v) is 2.84. The largest absolute Gasteiger partial charge is 0.378 e. The van der Waals surface area contributed by atoms with Crippen molar-refractivity contribution in [1.82, 2.24) is 0 Å². The van der Waals surface area contributed by atoms with Crippen molar-refractivity contribution in [1.29, 1.82) is 0 Å². The van der Waals surface area contributed by atoms with Gasteiger partial charge in [-0.15, -0.1) is 0 Å². The lowest BCUT2D eigenvalue weighted by Gasteiger charge is -2.29. The molecule has 3 rings (SSSR count). The van der Waals surface area contributed by atoms with E-state index in [2.05, 4.69) is 17.0 Å². The van der Waals surface area contributed by atoms with Crippen LogP contribution in [0.1, 0.15) is 17.3 Å². The van der Waals surface area contributed by atoms with Crippen LogP contribution in [0.15, 0.2) is 54.6 Å². The van der Waals surface area contributed by atoms with Gasteiger partial charge in [-0.25, -0.2) is 0 Å². The fourth-order valence-electron chi connectivity index (χ4n) is 2.84. The maximum Gasteiger partial charge on any atom is 0.258 e. The van der Waals surface area contributed by atoms with Gasteiger partial charge < -0.3 is 14.5 Å². The van der Waals surface area contributed by atoms with Crippen molar-refractivity contribution in [2.75, 3.05) is 42.6 Å². The lowest BCUT2D eigenvalue weighted by atomic mass is 10.1. The van der Waals surface area contributed by atoms with Gasteiger partial charge in [0.2, 0.25) is 0 Å². The zero-order valence-electron chi connectivity index (χ0n) is 13.4. The standard InChI is InChI=1S/C19H22N2O2/c1-2-21(19(22)16-6-4-3-5-7-16)18-10-8-17(9-11-18)20-12-14-23-15-13-20/h3-11H,2,12-15H2,1H3. The summed E-state index contributed by atoms with van der Waals surface area (Å²) in [6.07, 6.45) is 0. The summed E-state index contributed by atoms with van der Waals surface area (Å²) in [5.41, 5.74) is 2.82. The Kier molecular flexibility index (Phi) is 4.93. The van der Waals surface area contributed by atoms with Gasteiger partial charge in [0.25, 0.3) is 5.91 Å². The summed E-state index contributed by atoms with van der Waals surface area (Å²) in [5, 5.41) is 0. The van der Waals surface area contributed by atoms with Crippen LogP contribution >= 0.6 is 0 Å². The first-order chi connectivity index (χ1) is 11.3. The predicted octanol–water partition coefficient (Wildman–Crippen LogP) is 3.19. The van der Waals surface area contributed by atoms with Crippen LogP contribution in [-0.2, 0) is 4.74 Å². The number of nitrogens with zero attached hydrogens (tertiary/aromatic N) is 2. The lowest BCUT2D eigenvalue weighted by molar-refractivity contribution is 0.0988. The number of morpholine rings is 1. The van der Waals surface area contributed by atoms with Crippen LogP contribution in [-0.4, -0.2) is 38.8 Å². The van der Waals surface area contributed by atoms with Gasteiger partial charge in [0, 0.05) is 36.6 Å². The van der Waals surface area contributed by atoms with E-state index < -0.39 is 0 Å². The Balaban J connectivity index is 1.77. The average Bonchev–Trinajstić information content (AvgIpc) is 2.64.